The summed E-state index contributed by atoms with van der Waals surface area (Å²) in [6.45, 7) is 0. The first-order valence-electron chi connectivity index (χ1n) is 6.82. The quantitative estimate of drug-likeness (QED) is 0.779. The lowest BCUT2D eigenvalue weighted by atomic mass is 10.0. The smallest absolute Gasteiger partial charge is 0.196 e. The highest BCUT2D eigenvalue weighted by atomic mass is 35.5. The van der Waals surface area contributed by atoms with Crippen molar-refractivity contribution >= 4 is 17.4 Å². The molecule has 0 heterocycles. The average molecular weight is 303 g/mol. The maximum Gasteiger partial charge on any atom is 0.196 e. The molecule has 4 heteroatoms. The molecule has 108 valence electrons. The summed E-state index contributed by atoms with van der Waals surface area (Å²) in [5.74, 6) is 1.10. The van der Waals surface area contributed by atoms with E-state index in [1.165, 1.54) is 7.11 Å². The second kappa shape index (κ2) is 5.78. The minimum atomic E-state index is -0.107. The number of ketones is 1. The molecule has 0 N–H and O–H groups in total. The summed E-state index contributed by atoms with van der Waals surface area (Å²) in [7, 11) is 1.52. The molecule has 3 nitrogen and oxygen atoms in total. The first kappa shape index (κ1) is 14.0. The second-order valence-electron chi connectivity index (χ2n) is 5.02. The van der Waals surface area contributed by atoms with E-state index >= 15 is 0 Å². The lowest BCUT2D eigenvalue weighted by Gasteiger charge is -2.09. The van der Waals surface area contributed by atoms with E-state index in [1.54, 1.807) is 30.3 Å². The van der Waals surface area contributed by atoms with Gasteiger partial charge in [-0.25, -0.2) is 0 Å². The Balaban J connectivity index is 1.90. The van der Waals surface area contributed by atoms with Crippen molar-refractivity contribution in [3.05, 3.63) is 58.6 Å². The van der Waals surface area contributed by atoms with Crippen molar-refractivity contribution in [1.29, 1.82) is 0 Å². The minimum Gasteiger partial charge on any atom is -0.496 e. The van der Waals surface area contributed by atoms with Gasteiger partial charge in [-0.3, -0.25) is 4.79 Å². The molecule has 0 saturated heterocycles. The number of benzene rings is 2. The number of hydrogen-bond donors (Lipinski definition) is 0. The minimum absolute atomic E-state index is 0.107. The molecule has 0 aliphatic heterocycles. The third-order valence-corrected chi connectivity index (χ3v) is 3.57. The van der Waals surface area contributed by atoms with E-state index < -0.39 is 0 Å². The van der Waals surface area contributed by atoms with Gasteiger partial charge in [0, 0.05) is 10.6 Å². The fourth-order valence-electron chi connectivity index (χ4n) is 2.10. The predicted octanol–water partition coefficient (Wildman–Crippen LogP) is 4.12. The van der Waals surface area contributed by atoms with Crippen LogP contribution in [-0.4, -0.2) is 19.0 Å². The monoisotopic (exact) mass is 302 g/mol. The highest BCUT2D eigenvalue weighted by molar-refractivity contribution is 6.31. The fourth-order valence-corrected chi connectivity index (χ4v) is 2.26. The zero-order valence-corrected chi connectivity index (χ0v) is 12.4. The van der Waals surface area contributed by atoms with E-state index in [4.69, 9.17) is 21.1 Å². The second-order valence-corrected chi connectivity index (χ2v) is 5.46. The number of hydrogen-bond acceptors (Lipinski definition) is 3. The Morgan fingerprint density at radius 2 is 2.00 bits per heavy atom. The zero-order valence-electron chi connectivity index (χ0n) is 11.6. The van der Waals surface area contributed by atoms with Gasteiger partial charge in [-0.1, -0.05) is 23.7 Å². The molecule has 0 spiro atoms. The number of methoxy groups -OCH3 is 1. The summed E-state index contributed by atoms with van der Waals surface area (Å²) in [5.41, 5.74) is 1.07. The molecule has 1 aliphatic carbocycles. The summed E-state index contributed by atoms with van der Waals surface area (Å²) in [6.07, 6.45) is 2.48. The summed E-state index contributed by atoms with van der Waals surface area (Å²) in [6, 6.07) is 12.2. The molecule has 0 aromatic heterocycles. The summed E-state index contributed by atoms with van der Waals surface area (Å²) in [5, 5.41) is 0.536. The molecular weight excluding hydrogens is 288 g/mol. The summed E-state index contributed by atoms with van der Waals surface area (Å²) >= 11 is 5.92. The van der Waals surface area contributed by atoms with Crippen LogP contribution in [-0.2, 0) is 0 Å². The molecule has 1 fully saturated rings. The van der Waals surface area contributed by atoms with Gasteiger partial charge in [0.25, 0.3) is 0 Å². The van der Waals surface area contributed by atoms with Crippen LogP contribution >= 0.6 is 11.6 Å². The van der Waals surface area contributed by atoms with Gasteiger partial charge in [0.1, 0.15) is 11.5 Å². The Kier molecular flexibility index (Phi) is 3.84. The van der Waals surface area contributed by atoms with Crippen molar-refractivity contribution in [2.24, 2.45) is 0 Å². The Labute approximate surface area is 128 Å². The number of carbonyl (C=O) groups excluding carboxylic acids is 1. The lowest BCUT2D eigenvalue weighted by molar-refractivity contribution is 0.103. The third kappa shape index (κ3) is 3.19. The van der Waals surface area contributed by atoms with Crippen LogP contribution in [0.2, 0.25) is 5.02 Å². The zero-order chi connectivity index (χ0) is 14.8. The molecule has 0 atom stereocenters. The Hall–Kier alpha value is -2.00. The van der Waals surface area contributed by atoms with Crippen LogP contribution in [0.15, 0.2) is 42.5 Å². The van der Waals surface area contributed by atoms with Gasteiger partial charge < -0.3 is 9.47 Å². The maximum absolute atomic E-state index is 12.6. The predicted molar refractivity (Wildman–Crippen MR) is 81.5 cm³/mol. The first-order valence-corrected chi connectivity index (χ1v) is 7.20. The van der Waals surface area contributed by atoms with Crippen molar-refractivity contribution in [3.8, 4) is 11.5 Å². The summed E-state index contributed by atoms with van der Waals surface area (Å²) in [4.78, 5) is 12.6. The van der Waals surface area contributed by atoms with Gasteiger partial charge >= 0.3 is 0 Å². The molecular formula is C17H15ClO3. The van der Waals surface area contributed by atoms with Crippen LogP contribution in [0.25, 0.3) is 0 Å². The van der Waals surface area contributed by atoms with Gasteiger partial charge in [0.05, 0.1) is 18.8 Å². The number of rotatable bonds is 5. The molecule has 21 heavy (non-hydrogen) atoms. The topological polar surface area (TPSA) is 35.5 Å². The van der Waals surface area contributed by atoms with Crippen LogP contribution in [0.3, 0.4) is 0 Å². The standard InChI is InChI=1S/C17H15ClO3/c1-20-16-10-12(18)5-8-15(16)17(19)11-3-2-4-14(9-11)21-13-6-7-13/h2-5,8-10,13H,6-7H2,1H3. The van der Waals surface area contributed by atoms with Gasteiger partial charge in [-0.2, -0.15) is 0 Å². The maximum atomic E-state index is 12.6. The van der Waals surface area contributed by atoms with Crippen LogP contribution in [0.1, 0.15) is 28.8 Å². The van der Waals surface area contributed by atoms with Gasteiger partial charge in [0.15, 0.2) is 5.78 Å². The van der Waals surface area contributed by atoms with E-state index in [2.05, 4.69) is 0 Å². The highest BCUT2D eigenvalue weighted by Crippen LogP contribution is 2.29. The van der Waals surface area contributed by atoms with E-state index in [-0.39, 0.29) is 5.78 Å². The van der Waals surface area contributed by atoms with E-state index in [0.29, 0.717) is 28.0 Å². The average Bonchev–Trinajstić information content (AvgIpc) is 3.30. The van der Waals surface area contributed by atoms with E-state index in [0.717, 1.165) is 18.6 Å². The highest BCUT2D eigenvalue weighted by Gasteiger charge is 2.24. The van der Waals surface area contributed by atoms with E-state index in [1.807, 2.05) is 12.1 Å². The Morgan fingerprint density at radius 3 is 2.71 bits per heavy atom. The van der Waals surface area contributed by atoms with Crippen molar-refractivity contribution in [2.45, 2.75) is 18.9 Å². The molecule has 2 aromatic carbocycles. The van der Waals surface area contributed by atoms with Crippen molar-refractivity contribution in [1.82, 2.24) is 0 Å². The molecule has 1 aliphatic rings. The van der Waals surface area contributed by atoms with Crippen LogP contribution in [0, 0.1) is 0 Å². The number of halogens is 1. The number of ether oxygens (including phenoxy) is 2. The number of carbonyl (C=O) groups is 1. The largest absolute Gasteiger partial charge is 0.496 e. The Bertz CT molecular complexity index is 677. The molecule has 0 bridgehead atoms. The molecule has 0 radical (unpaired) electrons. The first-order chi connectivity index (χ1) is 10.2. The molecule has 3 rings (SSSR count). The van der Waals surface area contributed by atoms with Gasteiger partial charge in [0.2, 0.25) is 0 Å². The normalized spacial score (nSPS) is 13.8. The van der Waals surface area contributed by atoms with Crippen molar-refractivity contribution in [3.63, 3.8) is 0 Å². The Morgan fingerprint density at radius 1 is 1.19 bits per heavy atom. The van der Waals surface area contributed by atoms with Crippen molar-refractivity contribution < 1.29 is 14.3 Å². The van der Waals surface area contributed by atoms with Gasteiger partial charge in [-0.05, 0) is 43.2 Å². The van der Waals surface area contributed by atoms with E-state index in [9.17, 15) is 4.79 Å². The van der Waals surface area contributed by atoms with Crippen molar-refractivity contribution in [2.75, 3.05) is 7.11 Å². The molecule has 1 saturated carbocycles. The molecule has 0 unspecified atom stereocenters. The molecule has 0 amide bonds. The van der Waals surface area contributed by atoms with Crippen LogP contribution in [0.4, 0.5) is 0 Å². The van der Waals surface area contributed by atoms with Crippen LogP contribution in [0.5, 0.6) is 11.5 Å². The molecule has 2 aromatic rings. The SMILES string of the molecule is COc1cc(Cl)ccc1C(=O)c1cccc(OC2CC2)c1. The summed E-state index contributed by atoms with van der Waals surface area (Å²) < 4.78 is 11.0. The lowest BCUT2D eigenvalue weighted by Crippen LogP contribution is -2.05. The van der Waals surface area contributed by atoms with Gasteiger partial charge in [-0.15, -0.1) is 0 Å². The fraction of sp³-hybridized carbons (Fsp3) is 0.235. The van der Waals surface area contributed by atoms with Crippen LogP contribution < -0.4 is 9.47 Å². The third-order valence-electron chi connectivity index (χ3n) is 3.33.